The molecule has 0 radical (unpaired) electrons. The third-order valence-electron chi connectivity index (χ3n) is 11.2. The Balaban J connectivity index is 1.37. The molecular formula is C32H53NO2. The summed E-state index contributed by atoms with van der Waals surface area (Å²) in [5.74, 6) is 5.22. The number of ether oxygens (including phenoxy) is 1. The molecule has 0 spiro atoms. The number of amides is 1. The Labute approximate surface area is 215 Å². The summed E-state index contributed by atoms with van der Waals surface area (Å²) in [6, 6.07) is 0. The number of nitrogens with one attached hydrogen (secondary N) is 1. The number of hydrogen-bond donors (Lipinski definition) is 1. The van der Waals surface area contributed by atoms with Crippen LogP contribution in [0.2, 0.25) is 0 Å². The quantitative estimate of drug-likeness (QED) is 0.196. The average molecular weight is 484 g/mol. The first-order valence-electron chi connectivity index (χ1n) is 14.9. The number of rotatable bonds is 10. The van der Waals surface area contributed by atoms with Gasteiger partial charge in [0.05, 0.1) is 12.7 Å². The zero-order valence-electron chi connectivity index (χ0n) is 23.4. The van der Waals surface area contributed by atoms with E-state index in [-0.39, 0.29) is 5.91 Å². The molecule has 0 heterocycles. The lowest BCUT2D eigenvalue weighted by atomic mass is 9.47. The topological polar surface area (TPSA) is 38.3 Å². The van der Waals surface area contributed by atoms with Gasteiger partial charge in [0.1, 0.15) is 0 Å². The largest absolute Gasteiger partial charge is 0.376 e. The predicted molar refractivity (Wildman–Crippen MR) is 146 cm³/mol. The lowest BCUT2D eigenvalue weighted by Crippen LogP contribution is -2.51. The lowest BCUT2D eigenvalue weighted by Gasteiger charge is -2.58. The SMILES string of the molecule is C=CC(=O)NCCO[C@H]1CC[C@@]2(C)C(=CC[C@H]3[C@@H]4CC[C@H]([C@H](C)CCCC(C)C)[C@@]4(C)CC[C@@H]32)C1. The zero-order chi connectivity index (χ0) is 25.2. The highest BCUT2D eigenvalue weighted by molar-refractivity contribution is 5.86. The molecule has 3 fully saturated rings. The maximum atomic E-state index is 11.4. The smallest absolute Gasteiger partial charge is 0.243 e. The molecule has 8 atom stereocenters. The van der Waals surface area contributed by atoms with E-state index in [1.807, 2.05) is 0 Å². The van der Waals surface area contributed by atoms with Gasteiger partial charge in [-0.2, -0.15) is 0 Å². The van der Waals surface area contributed by atoms with Crippen LogP contribution in [0.4, 0.5) is 0 Å². The Hall–Kier alpha value is -1.09. The second kappa shape index (κ2) is 11.1. The summed E-state index contributed by atoms with van der Waals surface area (Å²) in [6.07, 6.45) is 19.2. The molecule has 0 bridgehead atoms. The van der Waals surface area contributed by atoms with E-state index in [2.05, 4.69) is 52.6 Å². The first kappa shape index (κ1) is 27.0. The second-order valence-corrected chi connectivity index (χ2v) is 13.5. The molecule has 4 aliphatic carbocycles. The van der Waals surface area contributed by atoms with Crippen molar-refractivity contribution in [2.45, 2.75) is 111 Å². The van der Waals surface area contributed by atoms with Crippen LogP contribution in [-0.4, -0.2) is 25.2 Å². The van der Waals surface area contributed by atoms with Crippen LogP contribution < -0.4 is 5.32 Å². The highest BCUT2D eigenvalue weighted by atomic mass is 16.5. The lowest BCUT2D eigenvalue weighted by molar-refractivity contribution is -0.116. The van der Waals surface area contributed by atoms with Crippen LogP contribution in [-0.2, 0) is 9.53 Å². The number of carbonyl (C=O) groups is 1. The van der Waals surface area contributed by atoms with E-state index >= 15 is 0 Å². The van der Waals surface area contributed by atoms with E-state index < -0.39 is 0 Å². The van der Waals surface area contributed by atoms with Gasteiger partial charge in [0.2, 0.25) is 5.91 Å². The fourth-order valence-electron chi connectivity index (χ4n) is 9.27. The fourth-order valence-corrected chi connectivity index (χ4v) is 9.27. The minimum absolute atomic E-state index is 0.116. The summed E-state index contributed by atoms with van der Waals surface area (Å²) in [4.78, 5) is 11.4. The van der Waals surface area contributed by atoms with Crippen LogP contribution in [0, 0.1) is 46.3 Å². The third-order valence-corrected chi connectivity index (χ3v) is 11.2. The van der Waals surface area contributed by atoms with E-state index in [0.717, 1.165) is 48.3 Å². The second-order valence-electron chi connectivity index (χ2n) is 13.5. The molecule has 3 heteroatoms. The molecule has 0 aromatic heterocycles. The van der Waals surface area contributed by atoms with Gasteiger partial charge in [0, 0.05) is 6.54 Å². The summed E-state index contributed by atoms with van der Waals surface area (Å²) in [5, 5.41) is 2.83. The van der Waals surface area contributed by atoms with E-state index in [9.17, 15) is 4.79 Å². The maximum Gasteiger partial charge on any atom is 0.243 e. The Morgan fingerprint density at radius 2 is 1.94 bits per heavy atom. The standard InChI is InChI=1S/C32H53NO2/c1-7-30(34)33-19-20-35-25-15-17-31(5)24(21-25)11-12-26-28-14-13-27(23(4)10-8-9-22(2)3)32(28,6)18-16-29(26)31/h7,11,22-23,25-29H,1,8-10,12-21H2,2-6H3,(H,33,34)/t23-,25+,26+,27-,28+,29+,31+,32-/m1/s1. The van der Waals surface area contributed by atoms with E-state index in [4.69, 9.17) is 4.74 Å². The van der Waals surface area contributed by atoms with Gasteiger partial charge in [-0.3, -0.25) is 4.79 Å². The third kappa shape index (κ3) is 5.46. The van der Waals surface area contributed by atoms with Gasteiger partial charge in [-0.05, 0) is 104 Å². The fraction of sp³-hybridized carbons (Fsp3) is 0.844. The van der Waals surface area contributed by atoms with E-state index in [1.54, 1.807) is 5.57 Å². The minimum atomic E-state index is -0.116. The van der Waals surface area contributed by atoms with Gasteiger partial charge in [0.25, 0.3) is 0 Å². The highest BCUT2D eigenvalue weighted by Gasteiger charge is 2.59. The molecule has 0 saturated heterocycles. The molecular weight excluding hydrogens is 430 g/mol. The molecule has 3 saturated carbocycles. The van der Waals surface area contributed by atoms with Crippen molar-refractivity contribution in [1.29, 1.82) is 0 Å². The Morgan fingerprint density at radius 3 is 2.69 bits per heavy atom. The summed E-state index contributed by atoms with van der Waals surface area (Å²) in [6.45, 7) is 17.3. The molecule has 0 aromatic rings. The highest BCUT2D eigenvalue weighted by Crippen LogP contribution is 2.67. The molecule has 0 aromatic carbocycles. The maximum absolute atomic E-state index is 11.4. The first-order chi connectivity index (χ1) is 16.7. The first-order valence-corrected chi connectivity index (χ1v) is 14.9. The zero-order valence-corrected chi connectivity index (χ0v) is 23.4. The Kier molecular flexibility index (Phi) is 8.56. The van der Waals surface area contributed by atoms with Crippen molar-refractivity contribution >= 4 is 5.91 Å². The van der Waals surface area contributed by atoms with E-state index in [0.29, 0.717) is 30.1 Å². The van der Waals surface area contributed by atoms with Crippen LogP contribution in [0.5, 0.6) is 0 Å². The molecule has 35 heavy (non-hydrogen) atoms. The summed E-state index contributed by atoms with van der Waals surface area (Å²) in [5.41, 5.74) is 2.63. The predicted octanol–water partition coefficient (Wildman–Crippen LogP) is 7.72. The van der Waals surface area contributed by atoms with Gasteiger partial charge >= 0.3 is 0 Å². The summed E-state index contributed by atoms with van der Waals surface area (Å²) in [7, 11) is 0. The van der Waals surface area contributed by atoms with Crippen LogP contribution in [0.3, 0.4) is 0 Å². The van der Waals surface area contributed by atoms with Crippen LogP contribution >= 0.6 is 0 Å². The van der Waals surface area contributed by atoms with Crippen molar-refractivity contribution in [3.05, 3.63) is 24.3 Å². The average Bonchev–Trinajstić information content (AvgIpc) is 3.18. The molecule has 1 N–H and O–H groups in total. The molecule has 1 amide bonds. The number of hydrogen-bond acceptors (Lipinski definition) is 2. The summed E-state index contributed by atoms with van der Waals surface area (Å²) < 4.78 is 6.19. The van der Waals surface area contributed by atoms with E-state index in [1.165, 1.54) is 63.9 Å². The number of carbonyl (C=O) groups excluding carboxylic acids is 1. The van der Waals surface area contributed by atoms with Crippen LogP contribution in [0.15, 0.2) is 24.3 Å². The molecule has 3 nitrogen and oxygen atoms in total. The van der Waals surface area contributed by atoms with Crippen molar-refractivity contribution < 1.29 is 9.53 Å². The summed E-state index contributed by atoms with van der Waals surface area (Å²) >= 11 is 0. The van der Waals surface area contributed by atoms with Gasteiger partial charge in [-0.15, -0.1) is 0 Å². The molecule has 4 rings (SSSR count). The normalized spacial score (nSPS) is 39.3. The number of fused-ring (bicyclic) bond motifs is 5. The van der Waals surface area contributed by atoms with Crippen molar-refractivity contribution in [2.75, 3.05) is 13.2 Å². The Bertz CT molecular complexity index is 786. The van der Waals surface area contributed by atoms with Crippen molar-refractivity contribution in [3.63, 3.8) is 0 Å². The Morgan fingerprint density at radius 1 is 1.14 bits per heavy atom. The minimum Gasteiger partial charge on any atom is -0.376 e. The molecule has 0 aliphatic heterocycles. The van der Waals surface area contributed by atoms with Gasteiger partial charge in [-0.1, -0.05) is 72.1 Å². The van der Waals surface area contributed by atoms with Crippen molar-refractivity contribution in [3.8, 4) is 0 Å². The molecule has 4 aliphatic rings. The molecule has 0 unspecified atom stereocenters. The van der Waals surface area contributed by atoms with Crippen LogP contribution in [0.1, 0.15) is 105 Å². The van der Waals surface area contributed by atoms with Crippen molar-refractivity contribution in [2.24, 2.45) is 46.3 Å². The van der Waals surface area contributed by atoms with Gasteiger partial charge < -0.3 is 10.1 Å². The van der Waals surface area contributed by atoms with Gasteiger partial charge in [0.15, 0.2) is 0 Å². The van der Waals surface area contributed by atoms with Crippen LogP contribution in [0.25, 0.3) is 0 Å². The van der Waals surface area contributed by atoms with Gasteiger partial charge in [-0.25, -0.2) is 0 Å². The molecule has 198 valence electrons. The van der Waals surface area contributed by atoms with Crippen molar-refractivity contribution in [1.82, 2.24) is 5.32 Å². The monoisotopic (exact) mass is 483 g/mol. The number of allylic oxidation sites excluding steroid dienone is 1.